The highest BCUT2D eigenvalue weighted by atomic mass is 16.3. The summed E-state index contributed by atoms with van der Waals surface area (Å²) in [6.45, 7) is 3.56. The smallest absolute Gasteiger partial charge is 0.287 e. The molecule has 0 aliphatic heterocycles. The van der Waals surface area contributed by atoms with Gasteiger partial charge in [-0.2, -0.15) is 0 Å². The van der Waals surface area contributed by atoms with Crippen LogP contribution in [0.25, 0.3) is 22.4 Å². The molecule has 0 bridgehead atoms. The first-order chi connectivity index (χ1) is 15.9. The zero-order chi connectivity index (χ0) is 23.4. The molecule has 0 saturated heterocycles. The fraction of sp³-hybridized carbons (Fsp3) is 0.167. The minimum atomic E-state index is -0.893. The van der Waals surface area contributed by atoms with Gasteiger partial charge in [0.15, 0.2) is 11.5 Å². The van der Waals surface area contributed by atoms with Crippen molar-refractivity contribution >= 4 is 28.6 Å². The van der Waals surface area contributed by atoms with Crippen LogP contribution in [-0.2, 0) is 4.79 Å². The maximum Gasteiger partial charge on any atom is 0.287 e. The van der Waals surface area contributed by atoms with E-state index in [1.165, 1.54) is 18.6 Å². The summed E-state index contributed by atoms with van der Waals surface area (Å²) in [5.41, 5.74) is 6.24. The largest absolute Gasteiger partial charge is 0.463 e. The van der Waals surface area contributed by atoms with Gasteiger partial charge in [0.1, 0.15) is 11.7 Å². The maximum absolute atomic E-state index is 13.0. The molecule has 0 saturated carbocycles. The average molecular weight is 446 g/mol. The molecular formula is C24H22N4O5. The Hall–Kier alpha value is -4.40. The van der Waals surface area contributed by atoms with E-state index in [-0.39, 0.29) is 11.7 Å². The molecule has 0 aliphatic rings. The summed E-state index contributed by atoms with van der Waals surface area (Å²) >= 11 is 0. The van der Waals surface area contributed by atoms with E-state index in [4.69, 9.17) is 8.83 Å². The van der Waals surface area contributed by atoms with E-state index in [2.05, 4.69) is 21.2 Å². The fourth-order valence-electron chi connectivity index (χ4n) is 3.33. The number of benzene rings is 1. The van der Waals surface area contributed by atoms with Crippen molar-refractivity contribution in [3.63, 3.8) is 0 Å². The van der Waals surface area contributed by atoms with Crippen molar-refractivity contribution in [3.8, 4) is 11.5 Å². The summed E-state index contributed by atoms with van der Waals surface area (Å²) in [7, 11) is 0. The number of aromatic nitrogens is 1. The molecule has 0 aliphatic carbocycles. The molecule has 0 spiro atoms. The Morgan fingerprint density at radius 1 is 0.879 bits per heavy atom. The van der Waals surface area contributed by atoms with Crippen LogP contribution in [0.4, 0.5) is 0 Å². The average Bonchev–Trinajstić information content (AvgIpc) is 3.54. The summed E-state index contributed by atoms with van der Waals surface area (Å²) in [4.78, 5) is 42.6. The number of furan rings is 2. The Kier molecular flexibility index (Phi) is 6.21. The molecule has 168 valence electrons. The molecule has 1 atom stereocenters. The molecule has 3 amide bonds. The van der Waals surface area contributed by atoms with Gasteiger partial charge in [-0.1, -0.05) is 32.0 Å². The van der Waals surface area contributed by atoms with E-state index in [9.17, 15) is 14.4 Å². The molecule has 0 radical (unpaired) electrons. The number of para-hydroxylation sites is 1. The Labute approximate surface area is 189 Å². The number of fused-ring (bicyclic) bond motifs is 1. The van der Waals surface area contributed by atoms with Crippen LogP contribution in [0.1, 0.15) is 34.8 Å². The van der Waals surface area contributed by atoms with Gasteiger partial charge in [-0.25, -0.2) is 4.98 Å². The molecular weight excluding hydrogens is 424 g/mol. The van der Waals surface area contributed by atoms with Crippen LogP contribution in [0.3, 0.4) is 0 Å². The third-order valence-electron chi connectivity index (χ3n) is 5.01. The molecule has 33 heavy (non-hydrogen) atoms. The van der Waals surface area contributed by atoms with Crippen LogP contribution in [-0.4, -0.2) is 28.7 Å². The number of amides is 3. The van der Waals surface area contributed by atoms with Crippen LogP contribution in [0, 0.1) is 5.92 Å². The van der Waals surface area contributed by atoms with Gasteiger partial charge in [0.2, 0.25) is 0 Å². The zero-order valence-corrected chi connectivity index (χ0v) is 18.0. The standard InChI is InChI=1S/C24H22N4O5/c1-14(2)21(26-23(30)20-10-6-12-33-20)24(31)28-27-22(29)16-13-18(19-9-5-11-32-19)25-17-8-4-3-7-15(16)17/h3-14,21H,1-2H3,(H,26,30)(H,27,29)(H,28,31). The number of carbonyl (C=O) groups is 3. The van der Waals surface area contributed by atoms with E-state index in [1.807, 2.05) is 6.07 Å². The van der Waals surface area contributed by atoms with Crippen molar-refractivity contribution in [3.05, 3.63) is 78.4 Å². The fourth-order valence-corrected chi connectivity index (χ4v) is 3.33. The number of hydrogen-bond donors (Lipinski definition) is 3. The second-order valence-electron chi connectivity index (χ2n) is 7.67. The van der Waals surface area contributed by atoms with Crippen LogP contribution in [0.15, 0.2) is 76.0 Å². The first-order valence-electron chi connectivity index (χ1n) is 10.3. The zero-order valence-electron chi connectivity index (χ0n) is 18.0. The third kappa shape index (κ3) is 4.77. The van der Waals surface area contributed by atoms with E-state index < -0.39 is 23.8 Å². The molecule has 9 nitrogen and oxygen atoms in total. The van der Waals surface area contributed by atoms with Crippen molar-refractivity contribution in [2.24, 2.45) is 5.92 Å². The van der Waals surface area contributed by atoms with Gasteiger partial charge < -0.3 is 14.2 Å². The van der Waals surface area contributed by atoms with Crippen LogP contribution in [0.2, 0.25) is 0 Å². The highest BCUT2D eigenvalue weighted by Gasteiger charge is 2.26. The number of carbonyl (C=O) groups excluding carboxylic acids is 3. The highest BCUT2D eigenvalue weighted by molar-refractivity contribution is 6.07. The van der Waals surface area contributed by atoms with Crippen molar-refractivity contribution in [2.75, 3.05) is 0 Å². The van der Waals surface area contributed by atoms with Gasteiger partial charge in [0, 0.05) is 5.39 Å². The van der Waals surface area contributed by atoms with Crippen LogP contribution < -0.4 is 16.2 Å². The predicted molar refractivity (Wildman–Crippen MR) is 120 cm³/mol. The van der Waals surface area contributed by atoms with Crippen molar-refractivity contribution < 1.29 is 23.2 Å². The lowest BCUT2D eigenvalue weighted by Gasteiger charge is -2.21. The topological polar surface area (TPSA) is 126 Å². The predicted octanol–water partition coefficient (Wildman–Crippen LogP) is 3.30. The lowest BCUT2D eigenvalue weighted by Crippen LogP contribution is -2.54. The molecule has 3 aromatic heterocycles. The number of nitrogens with zero attached hydrogens (tertiary/aromatic N) is 1. The van der Waals surface area contributed by atoms with Gasteiger partial charge in [-0.05, 0) is 42.3 Å². The van der Waals surface area contributed by atoms with E-state index in [1.54, 1.807) is 56.3 Å². The number of hydrazine groups is 1. The summed E-state index contributed by atoms with van der Waals surface area (Å²) in [6, 6.07) is 14.4. The molecule has 4 rings (SSSR count). The lowest BCUT2D eigenvalue weighted by molar-refractivity contribution is -0.124. The Morgan fingerprint density at radius 3 is 2.33 bits per heavy atom. The Bertz CT molecular complexity index is 1280. The molecule has 4 aromatic rings. The molecule has 0 fully saturated rings. The summed E-state index contributed by atoms with van der Waals surface area (Å²) in [5.74, 6) is -1.26. The van der Waals surface area contributed by atoms with Gasteiger partial charge in [0.25, 0.3) is 17.7 Å². The second-order valence-corrected chi connectivity index (χ2v) is 7.67. The summed E-state index contributed by atoms with van der Waals surface area (Å²) in [6.07, 6.45) is 2.89. The van der Waals surface area contributed by atoms with Crippen molar-refractivity contribution in [1.29, 1.82) is 0 Å². The quantitative estimate of drug-likeness (QED) is 0.390. The van der Waals surface area contributed by atoms with Gasteiger partial charge >= 0.3 is 0 Å². The van der Waals surface area contributed by atoms with E-state index in [0.29, 0.717) is 27.9 Å². The minimum absolute atomic E-state index is 0.0891. The first kappa shape index (κ1) is 21.8. The number of hydrogen-bond acceptors (Lipinski definition) is 6. The van der Waals surface area contributed by atoms with Gasteiger partial charge in [0.05, 0.1) is 23.6 Å². The molecule has 9 heteroatoms. The summed E-state index contributed by atoms with van der Waals surface area (Å²) in [5, 5.41) is 3.24. The van der Waals surface area contributed by atoms with E-state index >= 15 is 0 Å². The number of rotatable bonds is 6. The monoisotopic (exact) mass is 446 g/mol. The SMILES string of the molecule is CC(C)C(NC(=O)c1ccco1)C(=O)NNC(=O)c1cc(-c2ccco2)nc2ccccc12. The second kappa shape index (κ2) is 9.39. The summed E-state index contributed by atoms with van der Waals surface area (Å²) < 4.78 is 10.5. The van der Waals surface area contributed by atoms with Crippen LogP contribution in [0.5, 0.6) is 0 Å². The minimum Gasteiger partial charge on any atom is -0.463 e. The lowest BCUT2D eigenvalue weighted by atomic mass is 10.0. The molecule has 3 N–H and O–H groups in total. The Morgan fingerprint density at radius 2 is 1.64 bits per heavy atom. The highest BCUT2D eigenvalue weighted by Crippen LogP contribution is 2.25. The van der Waals surface area contributed by atoms with Gasteiger partial charge in [-0.15, -0.1) is 0 Å². The van der Waals surface area contributed by atoms with Crippen LogP contribution >= 0.6 is 0 Å². The third-order valence-corrected chi connectivity index (χ3v) is 5.01. The Balaban J connectivity index is 1.52. The molecule has 1 aromatic carbocycles. The molecule has 1 unspecified atom stereocenters. The maximum atomic E-state index is 13.0. The first-order valence-corrected chi connectivity index (χ1v) is 10.3. The molecule has 3 heterocycles. The van der Waals surface area contributed by atoms with E-state index in [0.717, 1.165) is 0 Å². The van der Waals surface area contributed by atoms with Crippen molar-refractivity contribution in [1.82, 2.24) is 21.2 Å². The normalized spacial score (nSPS) is 11.8. The van der Waals surface area contributed by atoms with Gasteiger partial charge in [-0.3, -0.25) is 25.2 Å². The number of pyridine rings is 1. The number of nitrogens with one attached hydrogen (secondary N) is 3. The van der Waals surface area contributed by atoms with Crippen molar-refractivity contribution in [2.45, 2.75) is 19.9 Å².